The molecule has 8 heteroatoms. The lowest BCUT2D eigenvalue weighted by molar-refractivity contribution is -0.175. The molecule has 0 fully saturated rings. The summed E-state index contributed by atoms with van der Waals surface area (Å²) in [6, 6.07) is 2.30. The van der Waals surface area contributed by atoms with E-state index < -0.39 is 39.9 Å². The fourth-order valence-electron chi connectivity index (χ4n) is 1.64. The molecular formula is C15H20F3NO3S. The number of hydrogen-bond donors (Lipinski definition) is 1. The van der Waals surface area contributed by atoms with Gasteiger partial charge in [-0.2, -0.15) is 8.78 Å². The minimum Gasteiger partial charge on any atom is -0.598 e. The predicted octanol–water partition coefficient (Wildman–Crippen LogP) is 3.12. The monoisotopic (exact) mass is 351 g/mol. The molecule has 1 aromatic rings. The molecule has 0 aliphatic rings. The molecular weight excluding hydrogens is 331 g/mol. The van der Waals surface area contributed by atoms with Crippen LogP contribution >= 0.6 is 0 Å². The number of hydrogen-bond acceptors (Lipinski definition) is 4. The maximum atomic E-state index is 14.4. The number of carbonyl (C=O) groups is 1. The Labute approximate surface area is 136 Å². The van der Waals surface area contributed by atoms with Crippen LogP contribution in [0.3, 0.4) is 0 Å². The van der Waals surface area contributed by atoms with Crippen molar-refractivity contribution in [2.45, 2.75) is 44.4 Å². The van der Waals surface area contributed by atoms with Gasteiger partial charge in [-0.25, -0.2) is 9.18 Å². The van der Waals surface area contributed by atoms with Crippen molar-refractivity contribution in [3.05, 3.63) is 35.6 Å². The van der Waals surface area contributed by atoms with Gasteiger partial charge >= 0.3 is 11.9 Å². The molecule has 2 atom stereocenters. The lowest BCUT2D eigenvalue weighted by Gasteiger charge is -2.31. The maximum absolute atomic E-state index is 14.4. The highest BCUT2D eigenvalue weighted by atomic mass is 32.2. The molecule has 0 heterocycles. The number of rotatable bonds is 6. The minimum absolute atomic E-state index is 0.0675. The Balaban J connectivity index is 3.20. The first-order valence-electron chi connectivity index (χ1n) is 6.98. The zero-order valence-corrected chi connectivity index (χ0v) is 14.2. The van der Waals surface area contributed by atoms with E-state index in [9.17, 15) is 22.5 Å². The molecule has 0 aliphatic heterocycles. The fraction of sp³-hybridized carbons (Fsp3) is 0.533. The molecule has 0 saturated carbocycles. The molecule has 2 unspecified atom stereocenters. The summed E-state index contributed by atoms with van der Waals surface area (Å²) in [6.07, 6.45) is 0. The summed E-state index contributed by atoms with van der Waals surface area (Å²) < 4.78 is 59.9. The Morgan fingerprint density at radius 2 is 1.83 bits per heavy atom. The molecule has 1 aromatic carbocycles. The van der Waals surface area contributed by atoms with Gasteiger partial charge in [0.25, 0.3) is 0 Å². The van der Waals surface area contributed by atoms with Crippen LogP contribution < -0.4 is 4.72 Å². The summed E-state index contributed by atoms with van der Waals surface area (Å²) in [5, 5.41) is 0. The predicted molar refractivity (Wildman–Crippen MR) is 81.8 cm³/mol. The highest BCUT2D eigenvalue weighted by molar-refractivity contribution is 7.90. The van der Waals surface area contributed by atoms with Gasteiger partial charge in [-0.3, -0.25) is 0 Å². The Morgan fingerprint density at radius 3 is 2.26 bits per heavy atom. The zero-order valence-electron chi connectivity index (χ0n) is 13.4. The number of carbonyl (C=O) groups excluding carboxylic acids is 1. The molecule has 0 spiro atoms. The smallest absolute Gasteiger partial charge is 0.379 e. The van der Waals surface area contributed by atoms with Gasteiger partial charge in [0.05, 0.1) is 6.61 Å². The molecule has 0 saturated heterocycles. The molecule has 0 radical (unpaired) electrons. The van der Waals surface area contributed by atoms with Crippen LogP contribution in [0.15, 0.2) is 24.3 Å². The number of esters is 1. The second-order valence-corrected chi connectivity index (χ2v) is 7.82. The van der Waals surface area contributed by atoms with Gasteiger partial charge in [0.2, 0.25) is 0 Å². The maximum Gasteiger partial charge on any atom is 0.379 e. The topological polar surface area (TPSA) is 61.4 Å². The van der Waals surface area contributed by atoms with Gasteiger partial charge in [-0.1, -0.05) is 12.1 Å². The molecule has 0 amide bonds. The Hall–Kier alpha value is -1.25. The van der Waals surface area contributed by atoms with Crippen molar-refractivity contribution >= 4 is 17.3 Å². The quantitative estimate of drug-likeness (QED) is 0.632. The Kier molecular flexibility index (Phi) is 6.49. The summed E-state index contributed by atoms with van der Waals surface area (Å²) in [6.45, 7) is 5.98. The van der Waals surface area contributed by atoms with E-state index in [4.69, 9.17) is 0 Å². The summed E-state index contributed by atoms with van der Waals surface area (Å²) in [7, 11) is 0. The first-order chi connectivity index (χ1) is 10.5. The van der Waals surface area contributed by atoms with Crippen molar-refractivity contribution in [2.75, 3.05) is 6.61 Å². The van der Waals surface area contributed by atoms with Crippen LogP contribution in [0, 0.1) is 5.82 Å². The molecule has 23 heavy (non-hydrogen) atoms. The number of benzene rings is 1. The van der Waals surface area contributed by atoms with Crippen molar-refractivity contribution < 1.29 is 27.3 Å². The third-order valence-corrected chi connectivity index (χ3v) is 4.46. The van der Waals surface area contributed by atoms with Crippen LogP contribution in [-0.4, -0.2) is 27.8 Å². The normalized spacial score (nSPS) is 15.1. The second-order valence-electron chi connectivity index (χ2n) is 5.83. The van der Waals surface area contributed by atoms with E-state index in [1.165, 1.54) is 6.92 Å². The molecule has 4 nitrogen and oxygen atoms in total. The van der Waals surface area contributed by atoms with Crippen LogP contribution in [-0.2, 0) is 20.9 Å². The fourth-order valence-corrected chi connectivity index (χ4v) is 2.49. The van der Waals surface area contributed by atoms with E-state index in [-0.39, 0.29) is 12.2 Å². The van der Waals surface area contributed by atoms with Gasteiger partial charge in [-0.05, 0) is 45.4 Å². The minimum atomic E-state index is -3.96. The van der Waals surface area contributed by atoms with Gasteiger partial charge in [0.1, 0.15) is 10.6 Å². The molecule has 0 aromatic heterocycles. The van der Waals surface area contributed by atoms with Crippen molar-refractivity contribution in [1.29, 1.82) is 0 Å². The molecule has 1 N–H and O–H groups in total. The van der Waals surface area contributed by atoms with Crippen molar-refractivity contribution in [1.82, 2.24) is 4.72 Å². The Bertz CT molecular complexity index is 532. The van der Waals surface area contributed by atoms with Gasteiger partial charge in [-0.15, -0.1) is 4.72 Å². The van der Waals surface area contributed by atoms with Crippen LogP contribution in [0.2, 0.25) is 0 Å². The standard InChI is InChI=1S/C15H20F3NO3S/c1-5-22-13(20)15(17,18)12(19-23(21)14(2,3)4)10-6-8-11(16)9-7-10/h6-9,12,19H,5H2,1-4H3. The van der Waals surface area contributed by atoms with E-state index in [1.807, 2.05) is 0 Å². The number of ether oxygens (including phenoxy) is 1. The highest BCUT2D eigenvalue weighted by Gasteiger charge is 2.52. The molecule has 1 rings (SSSR count). The van der Waals surface area contributed by atoms with Crippen LogP contribution in [0.25, 0.3) is 0 Å². The zero-order chi connectivity index (χ0) is 17.8. The first-order valence-corrected chi connectivity index (χ1v) is 8.13. The van der Waals surface area contributed by atoms with E-state index in [2.05, 4.69) is 9.46 Å². The van der Waals surface area contributed by atoms with Crippen molar-refractivity contribution in [3.8, 4) is 0 Å². The van der Waals surface area contributed by atoms with E-state index >= 15 is 0 Å². The average molecular weight is 351 g/mol. The molecule has 0 bridgehead atoms. The third-order valence-electron chi connectivity index (χ3n) is 2.89. The Morgan fingerprint density at radius 1 is 1.30 bits per heavy atom. The van der Waals surface area contributed by atoms with Crippen molar-refractivity contribution in [2.24, 2.45) is 0 Å². The lowest BCUT2D eigenvalue weighted by Crippen LogP contribution is -2.50. The summed E-state index contributed by atoms with van der Waals surface area (Å²) in [5.74, 6) is -6.30. The van der Waals surface area contributed by atoms with E-state index in [1.54, 1.807) is 20.8 Å². The summed E-state index contributed by atoms with van der Waals surface area (Å²) >= 11 is -1.87. The van der Waals surface area contributed by atoms with Crippen LogP contribution in [0.4, 0.5) is 13.2 Å². The van der Waals surface area contributed by atoms with E-state index in [0.717, 1.165) is 24.3 Å². The molecule has 0 aliphatic carbocycles. The van der Waals surface area contributed by atoms with Gasteiger partial charge in [0, 0.05) is 11.4 Å². The van der Waals surface area contributed by atoms with Crippen molar-refractivity contribution in [3.63, 3.8) is 0 Å². The van der Waals surface area contributed by atoms with Gasteiger partial charge in [0.15, 0.2) is 6.04 Å². The third kappa shape index (κ3) is 5.12. The average Bonchev–Trinajstić information content (AvgIpc) is 2.44. The number of alkyl halides is 2. The molecule has 130 valence electrons. The van der Waals surface area contributed by atoms with Gasteiger partial charge < -0.3 is 9.29 Å². The highest BCUT2D eigenvalue weighted by Crippen LogP contribution is 2.34. The summed E-state index contributed by atoms with van der Waals surface area (Å²) in [5.41, 5.74) is -0.0675. The largest absolute Gasteiger partial charge is 0.598 e. The lowest BCUT2D eigenvalue weighted by atomic mass is 10.0. The summed E-state index contributed by atoms with van der Waals surface area (Å²) in [4.78, 5) is 11.6. The van der Waals surface area contributed by atoms with Crippen LogP contribution in [0.1, 0.15) is 39.3 Å². The van der Waals surface area contributed by atoms with Crippen LogP contribution in [0.5, 0.6) is 0 Å². The first kappa shape index (κ1) is 19.8. The number of halogens is 3. The SMILES string of the molecule is CCOC(=O)C(F)(F)C(N[S+]([O-])C(C)(C)C)c1ccc(F)cc1. The number of nitrogens with one attached hydrogen (secondary N) is 1. The van der Waals surface area contributed by atoms with E-state index in [0.29, 0.717) is 0 Å². The second kappa shape index (κ2) is 7.55.